The van der Waals surface area contributed by atoms with E-state index in [1.807, 2.05) is 68.4 Å². The molecule has 0 saturated carbocycles. The van der Waals surface area contributed by atoms with Crippen LogP contribution in [0.25, 0.3) is 10.9 Å². The summed E-state index contributed by atoms with van der Waals surface area (Å²) in [6.07, 6.45) is 1.58. The Balaban J connectivity index is 1.69. The van der Waals surface area contributed by atoms with E-state index in [9.17, 15) is 9.59 Å². The van der Waals surface area contributed by atoms with Crippen LogP contribution in [0.5, 0.6) is 0 Å². The lowest BCUT2D eigenvalue weighted by atomic mass is 10.2. The van der Waals surface area contributed by atoms with Crippen molar-refractivity contribution in [1.29, 1.82) is 0 Å². The Hall–Kier alpha value is -3.32. The summed E-state index contributed by atoms with van der Waals surface area (Å²) >= 11 is 1.29. The van der Waals surface area contributed by atoms with Crippen LogP contribution in [0.3, 0.4) is 0 Å². The normalized spacial score (nSPS) is 12.1. The maximum absolute atomic E-state index is 13.2. The van der Waals surface area contributed by atoms with Crippen LogP contribution in [0.4, 0.5) is 5.69 Å². The van der Waals surface area contributed by atoms with Gasteiger partial charge in [-0.15, -0.1) is 0 Å². The van der Waals surface area contributed by atoms with E-state index >= 15 is 0 Å². The monoisotopic (exact) mass is 433 g/mol. The molecule has 0 bridgehead atoms. The van der Waals surface area contributed by atoms with Crippen molar-refractivity contribution in [3.8, 4) is 0 Å². The molecule has 2 aromatic carbocycles. The number of amides is 1. The molecule has 0 fully saturated rings. The van der Waals surface area contributed by atoms with Crippen LogP contribution in [0.1, 0.15) is 19.6 Å². The lowest BCUT2D eigenvalue weighted by Gasteiger charge is -2.24. The van der Waals surface area contributed by atoms with E-state index in [4.69, 9.17) is 9.40 Å². The largest absolute Gasteiger partial charge is 0.467 e. The average molecular weight is 434 g/mol. The second-order valence-electron chi connectivity index (χ2n) is 7.06. The van der Waals surface area contributed by atoms with Crippen LogP contribution < -0.4 is 10.5 Å². The van der Waals surface area contributed by atoms with Gasteiger partial charge >= 0.3 is 0 Å². The van der Waals surface area contributed by atoms with E-state index in [0.717, 1.165) is 5.69 Å². The number of furan rings is 1. The molecule has 158 valence electrons. The zero-order valence-electron chi connectivity index (χ0n) is 17.4. The summed E-state index contributed by atoms with van der Waals surface area (Å²) in [6.45, 7) is 4.60. The minimum absolute atomic E-state index is 0.0364. The zero-order valence-corrected chi connectivity index (χ0v) is 18.2. The quantitative estimate of drug-likeness (QED) is 0.315. The minimum atomic E-state index is -0.434. The van der Waals surface area contributed by atoms with Gasteiger partial charge in [-0.25, -0.2) is 4.98 Å². The summed E-state index contributed by atoms with van der Waals surface area (Å²) in [7, 11) is 0. The fourth-order valence-electron chi connectivity index (χ4n) is 3.44. The molecule has 1 unspecified atom stereocenters. The van der Waals surface area contributed by atoms with Crippen molar-refractivity contribution < 1.29 is 9.21 Å². The number of carbonyl (C=O) groups is 1. The van der Waals surface area contributed by atoms with Gasteiger partial charge < -0.3 is 9.32 Å². The highest BCUT2D eigenvalue weighted by Crippen LogP contribution is 2.26. The van der Waals surface area contributed by atoms with Crippen molar-refractivity contribution in [3.05, 3.63) is 89.1 Å². The lowest BCUT2D eigenvalue weighted by molar-refractivity contribution is -0.117. The molecule has 1 atom stereocenters. The first-order chi connectivity index (χ1) is 15.1. The van der Waals surface area contributed by atoms with Crippen molar-refractivity contribution in [1.82, 2.24) is 9.55 Å². The van der Waals surface area contributed by atoms with Gasteiger partial charge in [-0.2, -0.15) is 0 Å². The molecule has 0 saturated heterocycles. The van der Waals surface area contributed by atoms with E-state index in [-0.39, 0.29) is 18.0 Å². The highest BCUT2D eigenvalue weighted by atomic mass is 32.2. The smallest absolute Gasteiger partial charge is 0.262 e. The number of aromatic nitrogens is 2. The molecule has 6 nitrogen and oxygen atoms in total. The molecule has 0 N–H and O–H groups in total. The summed E-state index contributed by atoms with van der Waals surface area (Å²) in [5, 5.41) is 0.595. The molecule has 0 radical (unpaired) electrons. The van der Waals surface area contributed by atoms with Crippen LogP contribution in [-0.4, -0.2) is 27.3 Å². The molecule has 0 spiro atoms. The van der Waals surface area contributed by atoms with Gasteiger partial charge in [-0.05, 0) is 50.2 Å². The summed E-state index contributed by atoms with van der Waals surface area (Å²) in [6, 6.07) is 20.4. The maximum Gasteiger partial charge on any atom is 0.262 e. The van der Waals surface area contributed by atoms with Gasteiger partial charge in [0.1, 0.15) is 5.76 Å². The topological polar surface area (TPSA) is 68.3 Å². The summed E-state index contributed by atoms with van der Waals surface area (Å²) in [4.78, 5) is 32.9. The van der Waals surface area contributed by atoms with Crippen molar-refractivity contribution >= 4 is 34.3 Å². The van der Waals surface area contributed by atoms with Crippen molar-refractivity contribution in [2.75, 3.05) is 11.4 Å². The molecule has 2 heterocycles. The molecule has 31 heavy (non-hydrogen) atoms. The highest BCUT2D eigenvalue weighted by molar-refractivity contribution is 8.00. The number of fused-ring (bicyclic) bond motifs is 1. The molecule has 0 aliphatic heterocycles. The Labute approximate surface area is 184 Å². The first-order valence-corrected chi connectivity index (χ1v) is 11.0. The van der Waals surface area contributed by atoms with Gasteiger partial charge in [0.15, 0.2) is 5.16 Å². The van der Waals surface area contributed by atoms with Crippen LogP contribution in [0.15, 0.2) is 87.4 Å². The number of thioether (sulfide) groups is 1. The second-order valence-corrected chi connectivity index (χ2v) is 8.37. The number of benzene rings is 2. The van der Waals surface area contributed by atoms with E-state index in [1.165, 1.54) is 11.8 Å². The number of hydrogen-bond donors (Lipinski definition) is 0. The van der Waals surface area contributed by atoms with Crippen molar-refractivity contribution in [2.45, 2.75) is 30.8 Å². The van der Waals surface area contributed by atoms with E-state index < -0.39 is 5.25 Å². The van der Waals surface area contributed by atoms with Gasteiger partial charge in [-0.3, -0.25) is 14.2 Å². The maximum atomic E-state index is 13.2. The summed E-state index contributed by atoms with van der Waals surface area (Å²) < 4.78 is 7.03. The predicted octanol–water partition coefficient (Wildman–Crippen LogP) is 4.57. The summed E-state index contributed by atoms with van der Waals surface area (Å²) in [5.74, 6) is 0.616. The Morgan fingerprint density at radius 2 is 1.84 bits per heavy atom. The average Bonchev–Trinajstić information content (AvgIpc) is 3.31. The Morgan fingerprint density at radius 1 is 1.10 bits per heavy atom. The molecular weight excluding hydrogens is 410 g/mol. The number of hydrogen-bond acceptors (Lipinski definition) is 5. The first-order valence-electron chi connectivity index (χ1n) is 10.1. The molecule has 0 aliphatic rings. The molecular formula is C24H23N3O3S. The van der Waals surface area contributed by atoms with Crippen LogP contribution in [-0.2, 0) is 11.3 Å². The van der Waals surface area contributed by atoms with Gasteiger partial charge in [0.25, 0.3) is 5.56 Å². The SMILES string of the molecule is CCN(C(=O)C(C)Sc1nc2ccccc2c(=O)n1Cc1ccco1)c1ccccc1. The minimum Gasteiger partial charge on any atom is -0.467 e. The number of para-hydroxylation sites is 2. The molecule has 7 heteroatoms. The van der Waals surface area contributed by atoms with Crippen molar-refractivity contribution in [3.63, 3.8) is 0 Å². The zero-order chi connectivity index (χ0) is 21.8. The first kappa shape index (κ1) is 20.9. The van der Waals surface area contributed by atoms with Gasteiger partial charge in [-0.1, -0.05) is 42.1 Å². The lowest BCUT2D eigenvalue weighted by Crippen LogP contribution is -2.37. The van der Waals surface area contributed by atoms with Gasteiger partial charge in [0.2, 0.25) is 5.91 Å². The van der Waals surface area contributed by atoms with Gasteiger partial charge in [0.05, 0.1) is 29.0 Å². The van der Waals surface area contributed by atoms with Crippen LogP contribution >= 0.6 is 11.8 Å². The third kappa shape index (κ3) is 4.41. The second kappa shape index (κ2) is 9.22. The molecule has 4 aromatic rings. The predicted molar refractivity (Wildman–Crippen MR) is 124 cm³/mol. The number of nitrogens with zero attached hydrogens (tertiary/aromatic N) is 3. The fourth-order valence-corrected chi connectivity index (χ4v) is 4.41. The van der Waals surface area contributed by atoms with Crippen LogP contribution in [0, 0.1) is 0 Å². The number of rotatable bonds is 7. The van der Waals surface area contributed by atoms with Gasteiger partial charge in [0, 0.05) is 12.2 Å². The Kier molecular flexibility index (Phi) is 6.23. The Bertz CT molecular complexity index is 1240. The van der Waals surface area contributed by atoms with Crippen molar-refractivity contribution in [2.24, 2.45) is 0 Å². The van der Waals surface area contributed by atoms with E-state index in [2.05, 4.69) is 0 Å². The molecule has 4 rings (SSSR count). The third-order valence-electron chi connectivity index (χ3n) is 5.00. The summed E-state index contributed by atoms with van der Waals surface area (Å²) in [5.41, 5.74) is 1.31. The fraction of sp³-hybridized carbons (Fsp3) is 0.208. The molecule has 2 aromatic heterocycles. The molecule has 0 aliphatic carbocycles. The standard InChI is InChI=1S/C24H23N3O3S/c1-3-26(18-10-5-4-6-11-18)22(28)17(2)31-24-25-21-14-8-7-13-20(21)23(29)27(24)16-19-12-9-15-30-19/h4-15,17H,3,16H2,1-2H3. The number of anilines is 1. The van der Waals surface area contributed by atoms with E-state index in [1.54, 1.807) is 27.9 Å². The Morgan fingerprint density at radius 3 is 2.55 bits per heavy atom. The third-order valence-corrected chi connectivity index (χ3v) is 6.08. The number of carbonyl (C=O) groups excluding carboxylic acids is 1. The van der Waals surface area contributed by atoms with Crippen LogP contribution in [0.2, 0.25) is 0 Å². The molecule has 1 amide bonds. The highest BCUT2D eigenvalue weighted by Gasteiger charge is 2.24. The van der Waals surface area contributed by atoms with E-state index in [0.29, 0.717) is 28.4 Å².